The first-order chi connectivity index (χ1) is 16.3. The van der Waals surface area contributed by atoms with Gasteiger partial charge in [0.05, 0.1) is 11.9 Å². The molecule has 0 saturated carbocycles. The van der Waals surface area contributed by atoms with Gasteiger partial charge in [0, 0.05) is 32.7 Å². The van der Waals surface area contributed by atoms with Gasteiger partial charge < -0.3 is 10.2 Å². The first-order valence-corrected chi connectivity index (χ1v) is 14.4. The van der Waals surface area contributed by atoms with Gasteiger partial charge in [-0.2, -0.15) is 0 Å². The quantitative estimate of drug-likeness (QED) is 0.405. The fourth-order valence-electron chi connectivity index (χ4n) is 3.30. The van der Waals surface area contributed by atoms with Gasteiger partial charge in [-0.3, -0.25) is 13.9 Å². The maximum atomic E-state index is 13.6. The molecule has 192 valence electrons. The van der Waals surface area contributed by atoms with Crippen molar-refractivity contribution in [2.24, 2.45) is 0 Å². The van der Waals surface area contributed by atoms with E-state index >= 15 is 0 Å². The van der Waals surface area contributed by atoms with E-state index in [4.69, 9.17) is 23.2 Å². The van der Waals surface area contributed by atoms with Gasteiger partial charge in [0.2, 0.25) is 21.8 Å². The van der Waals surface area contributed by atoms with Crippen LogP contribution < -0.4 is 9.62 Å². The van der Waals surface area contributed by atoms with Gasteiger partial charge in [-0.1, -0.05) is 52.1 Å². The van der Waals surface area contributed by atoms with Gasteiger partial charge in [-0.15, -0.1) is 0 Å². The number of hydrogen-bond acceptors (Lipinski definition) is 4. The van der Waals surface area contributed by atoms with Crippen molar-refractivity contribution in [1.82, 2.24) is 10.2 Å². The Morgan fingerprint density at radius 2 is 1.71 bits per heavy atom. The van der Waals surface area contributed by atoms with Crippen LogP contribution in [0.4, 0.5) is 5.69 Å². The van der Waals surface area contributed by atoms with Crippen LogP contribution in [0.5, 0.6) is 0 Å². The predicted molar refractivity (Wildman–Crippen MR) is 145 cm³/mol. The molecule has 0 heterocycles. The fourth-order valence-corrected chi connectivity index (χ4v) is 4.90. The number of halogens is 3. The van der Waals surface area contributed by atoms with Crippen LogP contribution in [0.25, 0.3) is 0 Å². The summed E-state index contributed by atoms with van der Waals surface area (Å²) in [5.41, 5.74) is 1.62. The Labute approximate surface area is 225 Å². The minimum atomic E-state index is -3.82. The maximum Gasteiger partial charge on any atom is 0.244 e. The third-order valence-corrected chi connectivity index (χ3v) is 8.41. The molecule has 7 nitrogen and oxygen atoms in total. The number of amides is 2. The number of hydrogen-bond donors (Lipinski definition) is 1. The lowest BCUT2D eigenvalue weighted by molar-refractivity contribution is -0.139. The van der Waals surface area contributed by atoms with Gasteiger partial charge in [0.25, 0.3) is 0 Å². The molecule has 0 aromatic heterocycles. The maximum absolute atomic E-state index is 13.6. The van der Waals surface area contributed by atoms with Gasteiger partial charge in [0.1, 0.15) is 12.6 Å². The van der Waals surface area contributed by atoms with E-state index in [1.807, 2.05) is 20.8 Å². The van der Waals surface area contributed by atoms with Crippen LogP contribution in [0.15, 0.2) is 40.9 Å². The molecule has 35 heavy (non-hydrogen) atoms. The van der Waals surface area contributed by atoms with E-state index in [1.54, 1.807) is 43.3 Å². The van der Waals surface area contributed by atoms with Crippen LogP contribution in [0.1, 0.15) is 38.3 Å². The summed E-state index contributed by atoms with van der Waals surface area (Å²) >= 11 is 16.1. The molecule has 0 saturated heterocycles. The number of carbonyl (C=O) groups excluding carboxylic acids is 2. The molecule has 0 spiro atoms. The van der Waals surface area contributed by atoms with Crippen LogP contribution >= 0.6 is 39.1 Å². The molecule has 2 unspecified atom stereocenters. The van der Waals surface area contributed by atoms with Gasteiger partial charge in [0.15, 0.2) is 0 Å². The summed E-state index contributed by atoms with van der Waals surface area (Å²) in [6.45, 7) is 6.65. The van der Waals surface area contributed by atoms with Crippen LogP contribution in [0, 0.1) is 6.92 Å². The first kappa shape index (κ1) is 29.4. The van der Waals surface area contributed by atoms with E-state index in [0.29, 0.717) is 27.7 Å². The first-order valence-electron chi connectivity index (χ1n) is 11.0. The molecular weight excluding hydrogens is 577 g/mol. The van der Waals surface area contributed by atoms with Crippen molar-refractivity contribution in [3.05, 3.63) is 62.0 Å². The van der Waals surface area contributed by atoms with Crippen molar-refractivity contribution in [3.63, 3.8) is 0 Å². The lowest BCUT2D eigenvalue weighted by atomic mass is 10.1. The van der Waals surface area contributed by atoms with Crippen molar-refractivity contribution in [3.8, 4) is 0 Å². The molecular formula is C24H30BrCl2N3O4S. The second kappa shape index (κ2) is 12.4. The van der Waals surface area contributed by atoms with E-state index in [2.05, 4.69) is 21.2 Å². The van der Waals surface area contributed by atoms with Crippen LogP contribution in [-0.2, 0) is 26.2 Å². The molecule has 0 fully saturated rings. The number of benzene rings is 2. The average Bonchev–Trinajstić information content (AvgIpc) is 2.77. The second-order valence-corrected chi connectivity index (χ2v) is 12.0. The summed E-state index contributed by atoms with van der Waals surface area (Å²) in [5.74, 6) is -0.931. The highest BCUT2D eigenvalue weighted by Crippen LogP contribution is 2.28. The Bertz CT molecular complexity index is 1170. The molecule has 2 aromatic carbocycles. The van der Waals surface area contributed by atoms with E-state index in [0.717, 1.165) is 20.6 Å². The van der Waals surface area contributed by atoms with Gasteiger partial charge in [-0.25, -0.2) is 8.42 Å². The zero-order valence-corrected chi connectivity index (χ0v) is 24.2. The SMILES string of the molecule is CCC(C)NC(=O)C(C)N(Cc1c(Cl)cccc1Cl)C(=O)CN(c1ccc(Br)c(C)c1)S(C)(=O)=O. The summed E-state index contributed by atoms with van der Waals surface area (Å²) in [7, 11) is -3.82. The Hall–Kier alpha value is -1.81. The van der Waals surface area contributed by atoms with Crippen molar-refractivity contribution in [2.75, 3.05) is 17.1 Å². The van der Waals surface area contributed by atoms with Crippen molar-refractivity contribution < 1.29 is 18.0 Å². The Morgan fingerprint density at radius 1 is 1.11 bits per heavy atom. The highest BCUT2D eigenvalue weighted by Gasteiger charge is 2.31. The number of sulfonamides is 1. The normalized spacial score (nSPS) is 13.1. The van der Waals surface area contributed by atoms with Crippen LogP contribution in [0.2, 0.25) is 10.0 Å². The standard InChI is InChI=1S/C24H30BrCl2N3O4S/c1-6-16(3)28-24(32)17(4)29(13-19-21(26)8-7-9-22(19)27)23(31)14-30(35(5,33)34)18-10-11-20(25)15(2)12-18/h7-12,16-17H,6,13-14H2,1-5H3,(H,28,32). The smallest absolute Gasteiger partial charge is 0.244 e. The van der Waals surface area contributed by atoms with Crippen molar-refractivity contribution in [1.29, 1.82) is 0 Å². The van der Waals surface area contributed by atoms with Gasteiger partial charge in [-0.05, 0) is 63.1 Å². The van der Waals surface area contributed by atoms with E-state index in [1.165, 1.54) is 4.90 Å². The summed E-state index contributed by atoms with van der Waals surface area (Å²) < 4.78 is 27.2. The molecule has 2 atom stereocenters. The summed E-state index contributed by atoms with van der Waals surface area (Å²) in [4.78, 5) is 27.8. The molecule has 0 aliphatic heterocycles. The Balaban J connectivity index is 2.47. The van der Waals surface area contributed by atoms with E-state index < -0.39 is 28.5 Å². The minimum Gasteiger partial charge on any atom is -0.352 e. The molecule has 2 amide bonds. The molecule has 11 heteroatoms. The molecule has 0 aliphatic rings. The second-order valence-electron chi connectivity index (χ2n) is 8.42. The monoisotopic (exact) mass is 605 g/mol. The highest BCUT2D eigenvalue weighted by atomic mass is 79.9. The lowest BCUT2D eigenvalue weighted by Crippen LogP contribution is -2.52. The predicted octanol–water partition coefficient (Wildman–Crippen LogP) is 5.16. The van der Waals surface area contributed by atoms with E-state index in [9.17, 15) is 18.0 Å². The Kier molecular flexibility index (Phi) is 10.4. The number of nitrogens with zero attached hydrogens (tertiary/aromatic N) is 2. The summed E-state index contributed by atoms with van der Waals surface area (Å²) in [5, 5.41) is 3.55. The lowest BCUT2D eigenvalue weighted by Gasteiger charge is -2.32. The Morgan fingerprint density at radius 3 is 2.23 bits per heavy atom. The molecule has 2 rings (SSSR count). The summed E-state index contributed by atoms with van der Waals surface area (Å²) in [6, 6.07) is 8.97. The van der Waals surface area contributed by atoms with Gasteiger partial charge >= 0.3 is 0 Å². The zero-order valence-electron chi connectivity index (χ0n) is 20.3. The van der Waals surface area contributed by atoms with E-state index in [-0.39, 0.29) is 18.5 Å². The highest BCUT2D eigenvalue weighted by molar-refractivity contribution is 9.10. The number of nitrogens with one attached hydrogen (secondary N) is 1. The largest absolute Gasteiger partial charge is 0.352 e. The number of carbonyl (C=O) groups is 2. The molecule has 1 N–H and O–H groups in total. The molecule has 0 bridgehead atoms. The molecule has 2 aromatic rings. The fraction of sp³-hybridized carbons (Fsp3) is 0.417. The van der Waals surface area contributed by atoms with Crippen molar-refractivity contribution in [2.45, 2.75) is 52.7 Å². The number of anilines is 1. The average molecular weight is 607 g/mol. The van der Waals surface area contributed by atoms with Crippen LogP contribution in [0.3, 0.4) is 0 Å². The topological polar surface area (TPSA) is 86.8 Å². The molecule has 0 radical (unpaired) electrons. The minimum absolute atomic E-state index is 0.0661. The number of rotatable bonds is 10. The van der Waals surface area contributed by atoms with Crippen molar-refractivity contribution >= 4 is 66.7 Å². The zero-order chi connectivity index (χ0) is 26.5. The molecule has 0 aliphatic carbocycles. The van der Waals surface area contributed by atoms with Crippen LogP contribution in [-0.4, -0.2) is 50.0 Å². The summed E-state index contributed by atoms with van der Waals surface area (Å²) in [6.07, 6.45) is 1.75. The number of aryl methyl sites for hydroxylation is 1. The third kappa shape index (κ3) is 7.84. The third-order valence-electron chi connectivity index (χ3n) is 5.67.